The molecule has 1 aromatic carbocycles. The molecule has 0 atom stereocenters. The molecule has 0 unspecified atom stereocenters. The van der Waals surface area contributed by atoms with Gasteiger partial charge in [-0.2, -0.15) is 0 Å². The predicted octanol–water partition coefficient (Wildman–Crippen LogP) is 5.33. The summed E-state index contributed by atoms with van der Waals surface area (Å²) in [6.45, 7) is 4.30. The second kappa shape index (κ2) is 9.55. The molecule has 0 fully saturated rings. The second-order valence-corrected chi connectivity index (χ2v) is 5.27. The summed E-state index contributed by atoms with van der Waals surface area (Å²) in [5, 5.41) is 0. The number of rotatable bonds is 9. The fraction of sp³-hybridized carbons (Fsp3) is 0.500. The highest BCUT2D eigenvalue weighted by Crippen LogP contribution is 2.14. The van der Waals surface area contributed by atoms with Crippen molar-refractivity contribution in [2.45, 2.75) is 58.8 Å². The van der Waals surface area contributed by atoms with E-state index in [9.17, 15) is 4.79 Å². The Bertz CT molecular complexity index is 387. The minimum absolute atomic E-state index is 0.906. The minimum Gasteiger partial charge on any atom is -0.298 e. The van der Waals surface area contributed by atoms with Crippen LogP contribution in [0.25, 0.3) is 6.08 Å². The molecule has 19 heavy (non-hydrogen) atoms. The van der Waals surface area contributed by atoms with Gasteiger partial charge in [0.05, 0.1) is 0 Å². The summed E-state index contributed by atoms with van der Waals surface area (Å²) in [4.78, 5) is 11.1. The van der Waals surface area contributed by atoms with Crippen molar-refractivity contribution in [1.82, 2.24) is 0 Å². The molecular weight excluding hydrogens is 232 g/mol. The van der Waals surface area contributed by atoms with Crippen molar-refractivity contribution in [3.05, 3.63) is 41.0 Å². The summed E-state index contributed by atoms with van der Waals surface area (Å²) in [5.74, 6) is 0. The number of unbranched alkanes of at least 4 members (excludes halogenated alkanes) is 5. The van der Waals surface area contributed by atoms with Crippen molar-refractivity contribution < 1.29 is 4.79 Å². The van der Waals surface area contributed by atoms with Gasteiger partial charge < -0.3 is 0 Å². The van der Waals surface area contributed by atoms with Gasteiger partial charge in [-0.25, -0.2) is 0 Å². The molecule has 1 heteroatoms. The third kappa shape index (κ3) is 6.95. The van der Waals surface area contributed by atoms with Crippen LogP contribution in [0.15, 0.2) is 29.8 Å². The molecule has 0 radical (unpaired) electrons. The largest absolute Gasteiger partial charge is 0.298 e. The van der Waals surface area contributed by atoms with E-state index < -0.39 is 0 Å². The molecule has 104 valence electrons. The van der Waals surface area contributed by atoms with Gasteiger partial charge in [-0.3, -0.25) is 4.79 Å². The highest BCUT2D eigenvalue weighted by atomic mass is 16.1. The van der Waals surface area contributed by atoms with Crippen LogP contribution in [-0.4, -0.2) is 6.29 Å². The van der Waals surface area contributed by atoms with Crippen LogP contribution in [0.4, 0.5) is 0 Å². The molecule has 0 amide bonds. The second-order valence-electron chi connectivity index (χ2n) is 5.27. The van der Waals surface area contributed by atoms with Gasteiger partial charge in [0.15, 0.2) is 0 Å². The van der Waals surface area contributed by atoms with Crippen LogP contribution in [0, 0.1) is 6.92 Å². The summed E-state index contributed by atoms with van der Waals surface area (Å²) in [5.41, 5.74) is 3.29. The van der Waals surface area contributed by atoms with E-state index in [1.807, 2.05) is 6.08 Å². The van der Waals surface area contributed by atoms with Gasteiger partial charge in [0.2, 0.25) is 0 Å². The van der Waals surface area contributed by atoms with Crippen LogP contribution in [0.1, 0.15) is 63.0 Å². The number of hydrogen-bond acceptors (Lipinski definition) is 1. The Morgan fingerprint density at radius 3 is 2.26 bits per heavy atom. The first-order valence-electron chi connectivity index (χ1n) is 7.48. The van der Waals surface area contributed by atoms with Gasteiger partial charge in [0.1, 0.15) is 6.29 Å². The first-order chi connectivity index (χ1) is 9.26. The van der Waals surface area contributed by atoms with Crippen LogP contribution >= 0.6 is 0 Å². The lowest BCUT2D eigenvalue weighted by molar-refractivity contribution is -0.105. The quantitative estimate of drug-likeness (QED) is 0.332. The van der Waals surface area contributed by atoms with E-state index >= 15 is 0 Å². The van der Waals surface area contributed by atoms with Crippen LogP contribution in [0.2, 0.25) is 0 Å². The van der Waals surface area contributed by atoms with Gasteiger partial charge in [-0.05, 0) is 37.0 Å². The Morgan fingerprint density at radius 1 is 1.00 bits per heavy atom. The summed E-state index contributed by atoms with van der Waals surface area (Å²) in [6, 6.07) is 8.30. The van der Waals surface area contributed by atoms with Crippen molar-refractivity contribution in [2.75, 3.05) is 0 Å². The van der Waals surface area contributed by atoms with Crippen LogP contribution in [0.3, 0.4) is 0 Å². The van der Waals surface area contributed by atoms with E-state index in [1.165, 1.54) is 37.7 Å². The lowest BCUT2D eigenvalue weighted by Crippen LogP contribution is -1.87. The molecule has 1 aromatic rings. The molecule has 0 heterocycles. The van der Waals surface area contributed by atoms with Crippen molar-refractivity contribution in [2.24, 2.45) is 0 Å². The van der Waals surface area contributed by atoms with Crippen LogP contribution < -0.4 is 0 Å². The lowest BCUT2D eigenvalue weighted by Gasteiger charge is -2.02. The highest BCUT2D eigenvalue weighted by Gasteiger charge is 1.97. The molecule has 0 N–H and O–H groups in total. The van der Waals surface area contributed by atoms with Crippen molar-refractivity contribution in [1.29, 1.82) is 0 Å². The molecule has 0 aliphatic heterocycles. The highest BCUT2D eigenvalue weighted by molar-refractivity contribution is 5.81. The Labute approximate surface area is 117 Å². The fourth-order valence-corrected chi connectivity index (χ4v) is 2.15. The SMILES string of the molecule is CCCCCCCCC(C=O)=Cc1ccc(C)cc1. The van der Waals surface area contributed by atoms with Crippen LogP contribution in [0.5, 0.6) is 0 Å². The zero-order valence-corrected chi connectivity index (χ0v) is 12.3. The Kier molecular flexibility index (Phi) is 7.88. The number of aryl methyl sites for hydroxylation is 1. The molecule has 0 spiro atoms. The molecular formula is C18H26O. The average molecular weight is 258 g/mol. The lowest BCUT2D eigenvalue weighted by atomic mass is 10.0. The minimum atomic E-state index is 0.906. The van der Waals surface area contributed by atoms with E-state index in [2.05, 4.69) is 38.1 Å². The summed E-state index contributed by atoms with van der Waals surface area (Å²) in [7, 11) is 0. The number of benzene rings is 1. The molecule has 1 nitrogen and oxygen atoms in total. The van der Waals surface area contributed by atoms with Gasteiger partial charge in [0, 0.05) is 0 Å². The third-order valence-electron chi connectivity index (χ3n) is 3.40. The maximum absolute atomic E-state index is 11.1. The van der Waals surface area contributed by atoms with E-state index in [4.69, 9.17) is 0 Å². The first-order valence-corrected chi connectivity index (χ1v) is 7.48. The van der Waals surface area contributed by atoms with Gasteiger partial charge in [0.25, 0.3) is 0 Å². The number of carbonyl (C=O) groups is 1. The summed E-state index contributed by atoms with van der Waals surface area (Å²) >= 11 is 0. The van der Waals surface area contributed by atoms with Crippen molar-refractivity contribution in [3.8, 4) is 0 Å². The normalized spacial score (nSPS) is 11.6. The van der Waals surface area contributed by atoms with E-state index in [-0.39, 0.29) is 0 Å². The molecule has 0 aliphatic carbocycles. The average Bonchev–Trinajstić information content (AvgIpc) is 2.43. The molecule has 1 rings (SSSR count). The van der Waals surface area contributed by atoms with E-state index in [0.29, 0.717) is 0 Å². The number of aldehydes is 1. The summed E-state index contributed by atoms with van der Waals surface area (Å²) < 4.78 is 0. The summed E-state index contributed by atoms with van der Waals surface area (Å²) in [6.07, 6.45) is 11.5. The number of allylic oxidation sites excluding steroid dienone is 1. The van der Waals surface area contributed by atoms with Crippen molar-refractivity contribution in [3.63, 3.8) is 0 Å². The fourth-order valence-electron chi connectivity index (χ4n) is 2.15. The monoisotopic (exact) mass is 258 g/mol. The number of carbonyl (C=O) groups excluding carboxylic acids is 1. The zero-order valence-electron chi connectivity index (χ0n) is 12.3. The van der Waals surface area contributed by atoms with Gasteiger partial charge >= 0.3 is 0 Å². The maximum Gasteiger partial charge on any atom is 0.146 e. The van der Waals surface area contributed by atoms with Crippen molar-refractivity contribution >= 4 is 12.4 Å². The van der Waals surface area contributed by atoms with Gasteiger partial charge in [-0.15, -0.1) is 0 Å². The van der Waals surface area contributed by atoms with E-state index in [0.717, 1.165) is 30.3 Å². The third-order valence-corrected chi connectivity index (χ3v) is 3.40. The molecule has 0 aliphatic rings. The first kappa shape index (κ1) is 15.7. The molecule has 0 aromatic heterocycles. The van der Waals surface area contributed by atoms with Gasteiger partial charge in [-0.1, -0.05) is 68.9 Å². The van der Waals surface area contributed by atoms with E-state index in [1.54, 1.807) is 0 Å². The topological polar surface area (TPSA) is 17.1 Å². The Hall–Kier alpha value is -1.37. The van der Waals surface area contributed by atoms with Crippen LogP contribution in [-0.2, 0) is 4.79 Å². The molecule has 0 saturated heterocycles. The number of hydrogen-bond donors (Lipinski definition) is 0. The smallest absolute Gasteiger partial charge is 0.146 e. The maximum atomic E-state index is 11.1. The Morgan fingerprint density at radius 2 is 1.63 bits per heavy atom. The molecule has 0 bridgehead atoms. The zero-order chi connectivity index (χ0) is 13.9. The standard InChI is InChI=1S/C18H26O/c1-3-4-5-6-7-8-9-18(15-19)14-17-12-10-16(2)11-13-17/h10-15H,3-9H2,1-2H3. The Balaban J connectivity index is 2.36. The molecule has 0 saturated carbocycles. The predicted molar refractivity (Wildman–Crippen MR) is 83.2 cm³/mol.